The van der Waals surface area contributed by atoms with E-state index in [1.807, 2.05) is 0 Å². The predicted octanol–water partition coefficient (Wildman–Crippen LogP) is 2.81. The van der Waals surface area contributed by atoms with E-state index in [0.717, 1.165) is 0 Å². The quantitative estimate of drug-likeness (QED) is 0.588. The molecule has 0 aromatic heterocycles. The molecule has 0 atom stereocenters. The van der Waals surface area contributed by atoms with Crippen LogP contribution < -0.4 is 5.32 Å². The Morgan fingerprint density at radius 2 is 1.42 bits per heavy atom. The Kier molecular flexibility index (Phi) is 2.82. The molecule has 1 rings (SSSR count). The molecular formula is C11H23N. The van der Waals surface area contributed by atoms with E-state index in [9.17, 15) is 0 Å². The zero-order valence-corrected chi connectivity index (χ0v) is 9.04. The molecule has 1 heteroatoms. The molecule has 0 spiro atoms. The first-order chi connectivity index (χ1) is 5.41. The van der Waals surface area contributed by atoms with Crippen LogP contribution in [0.2, 0.25) is 0 Å². The van der Waals surface area contributed by atoms with Gasteiger partial charge in [0.2, 0.25) is 0 Å². The Hall–Kier alpha value is -0.0400. The zero-order chi connectivity index (χ0) is 9.24. The molecule has 1 fully saturated rings. The Balaban J connectivity index is 2.51. The summed E-state index contributed by atoms with van der Waals surface area (Å²) in [6.07, 6.45) is 4.05. The summed E-state index contributed by atoms with van der Waals surface area (Å²) in [6, 6.07) is 0. The monoisotopic (exact) mass is 169 g/mol. The van der Waals surface area contributed by atoms with Crippen molar-refractivity contribution in [2.75, 3.05) is 13.1 Å². The standard InChI is InChI=1S/C11H23N/c1-10(2)5-6-11(3,4)9-12-8-7-10/h12H,5-9H2,1-4H3. The van der Waals surface area contributed by atoms with Gasteiger partial charge in [-0.2, -0.15) is 0 Å². The third kappa shape index (κ3) is 3.14. The fraction of sp³-hybridized carbons (Fsp3) is 1.00. The van der Waals surface area contributed by atoms with Gasteiger partial charge in [-0.05, 0) is 36.6 Å². The van der Waals surface area contributed by atoms with Crippen LogP contribution in [0.1, 0.15) is 47.0 Å². The van der Waals surface area contributed by atoms with Crippen molar-refractivity contribution in [3.05, 3.63) is 0 Å². The minimum absolute atomic E-state index is 0.498. The topological polar surface area (TPSA) is 12.0 Å². The van der Waals surface area contributed by atoms with Crippen LogP contribution in [0.15, 0.2) is 0 Å². The normalized spacial score (nSPS) is 29.0. The van der Waals surface area contributed by atoms with Gasteiger partial charge in [-0.1, -0.05) is 27.7 Å². The van der Waals surface area contributed by atoms with Crippen LogP contribution in [0.25, 0.3) is 0 Å². The molecule has 1 heterocycles. The van der Waals surface area contributed by atoms with Crippen LogP contribution in [0.3, 0.4) is 0 Å². The molecule has 12 heavy (non-hydrogen) atoms. The highest BCUT2D eigenvalue weighted by atomic mass is 14.9. The summed E-state index contributed by atoms with van der Waals surface area (Å²) >= 11 is 0. The second kappa shape index (κ2) is 3.37. The first kappa shape index (κ1) is 10.0. The third-order valence-electron chi connectivity index (χ3n) is 3.06. The van der Waals surface area contributed by atoms with Gasteiger partial charge in [-0.3, -0.25) is 0 Å². The van der Waals surface area contributed by atoms with Crippen LogP contribution in [0.4, 0.5) is 0 Å². The molecule has 0 aromatic rings. The van der Waals surface area contributed by atoms with E-state index in [4.69, 9.17) is 0 Å². The smallest absolute Gasteiger partial charge is 0.000252 e. The molecule has 0 unspecified atom stereocenters. The molecule has 0 bridgehead atoms. The van der Waals surface area contributed by atoms with Gasteiger partial charge in [0.25, 0.3) is 0 Å². The number of hydrogen-bond acceptors (Lipinski definition) is 1. The fourth-order valence-electron chi connectivity index (χ4n) is 1.74. The SMILES string of the molecule is CC1(C)CCNCC(C)(C)CC1. The lowest BCUT2D eigenvalue weighted by Gasteiger charge is -2.35. The Bertz CT molecular complexity index is 129. The van der Waals surface area contributed by atoms with Gasteiger partial charge in [-0.25, -0.2) is 0 Å². The maximum atomic E-state index is 3.53. The van der Waals surface area contributed by atoms with Gasteiger partial charge < -0.3 is 5.32 Å². The molecule has 1 aliphatic heterocycles. The maximum absolute atomic E-state index is 3.53. The van der Waals surface area contributed by atoms with Crippen molar-refractivity contribution in [1.82, 2.24) is 5.32 Å². The number of hydrogen-bond donors (Lipinski definition) is 1. The van der Waals surface area contributed by atoms with Crippen molar-refractivity contribution in [3.63, 3.8) is 0 Å². The highest BCUT2D eigenvalue weighted by Crippen LogP contribution is 2.34. The molecule has 1 aliphatic rings. The minimum Gasteiger partial charge on any atom is -0.316 e. The molecule has 0 radical (unpaired) electrons. The maximum Gasteiger partial charge on any atom is 0.000252 e. The molecular weight excluding hydrogens is 146 g/mol. The van der Waals surface area contributed by atoms with Crippen molar-refractivity contribution in [2.45, 2.75) is 47.0 Å². The van der Waals surface area contributed by atoms with Crippen LogP contribution in [0.5, 0.6) is 0 Å². The lowest BCUT2D eigenvalue weighted by Crippen LogP contribution is -2.35. The van der Waals surface area contributed by atoms with Crippen molar-refractivity contribution in [1.29, 1.82) is 0 Å². The van der Waals surface area contributed by atoms with Gasteiger partial charge in [0.1, 0.15) is 0 Å². The lowest BCUT2D eigenvalue weighted by molar-refractivity contribution is 0.193. The van der Waals surface area contributed by atoms with E-state index in [1.54, 1.807) is 0 Å². The molecule has 0 amide bonds. The molecule has 0 aliphatic carbocycles. The average Bonchev–Trinajstić information content (AvgIpc) is 1.94. The summed E-state index contributed by atoms with van der Waals surface area (Å²) in [5, 5.41) is 3.53. The number of rotatable bonds is 0. The second-order valence-corrected chi connectivity index (χ2v) is 5.76. The summed E-state index contributed by atoms with van der Waals surface area (Å²) in [6.45, 7) is 11.9. The zero-order valence-electron chi connectivity index (χ0n) is 9.04. The summed E-state index contributed by atoms with van der Waals surface area (Å²) in [4.78, 5) is 0. The van der Waals surface area contributed by atoms with Crippen molar-refractivity contribution in [3.8, 4) is 0 Å². The molecule has 72 valence electrons. The molecule has 0 saturated carbocycles. The molecule has 0 aromatic carbocycles. The van der Waals surface area contributed by atoms with Crippen LogP contribution in [-0.4, -0.2) is 13.1 Å². The van der Waals surface area contributed by atoms with Crippen LogP contribution >= 0.6 is 0 Å². The average molecular weight is 169 g/mol. The predicted molar refractivity (Wildman–Crippen MR) is 54.3 cm³/mol. The van der Waals surface area contributed by atoms with Crippen LogP contribution in [0, 0.1) is 10.8 Å². The summed E-state index contributed by atoms with van der Waals surface area (Å²) in [5.41, 5.74) is 1.04. The van der Waals surface area contributed by atoms with Gasteiger partial charge >= 0.3 is 0 Å². The first-order valence-corrected chi connectivity index (χ1v) is 5.12. The van der Waals surface area contributed by atoms with Gasteiger partial charge in [0.05, 0.1) is 0 Å². The summed E-state index contributed by atoms with van der Waals surface area (Å²) < 4.78 is 0. The summed E-state index contributed by atoms with van der Waals surface area (Å²) in [5.74, 6) is 0. The minimum atomic E-state index is 0.498. The van der Waals surface area contributed by atoms with E-state index in [0.29, 0.717) is 10.8 Å². The van der Waals surface area contributed by atoms with Gasteiger partial charge in [-0.15, -0.1) is 0 Å². The van der Waals surface area contributed by atoms with Crippen molar-refractivity contribution in [2.24, 2.45) is 10.8 Å². The van der Waals surface area contributed by atoms with Gasteiger partial charge in [0, 0.05) is 6.54 Å². The molecule has 1 saturated heterocycles. The van der Waals surface area contributed by atoms with E-state index >= 15 is 0 Å². The second-order valence-electron chi connectivity index (χ2n) is 5.76. The van der Waals surface area contributed by atoms with E-state index < -0.39 is 0 Å². The van der Waals surface area contributed by atoms with Crippen molar-refractivity contribution < 1.29 is 0 Å². The highest BCUT2D eigenvalue weighted by Gasteiger charge is 2.26. The van der Waals surface area contributed by atoms with E-state index in [2.05, 4.69) is 33.0 Å². The van der Waals surface area contributed by atoms with Crippen molar-refractivity contribution >= 4 is 0 Å². The Morgan fingerprint density at radius 3 is 2.08 bits per heavy atom. The van der Waals surface area contributed by atoms with Crippen LogP contribution in [-0.2, 0) is 0 Å². The van der Waals surface area contributed by atoms with E-state index in [1.165, 1.54) is 32.4 Å². The lowest BCUT2D eigenvalue weighted by atomic mass is 9.76. The number of nitrogens with one attached hydrogen (secondary N) is 1. The molecule has 1 N–H and O–H groups in total. The summed E-state index contributed by atoms with van der Waals surface area (Å²) in [7, 11) is 0. The fourth-order valence-corrected chi connectivity index (χ4v) is 1.74. The molecule has 1 nitrogen and oxygen atoms in total. The van der Waals surface area contributed by atoms with E-state index in [-0.39, 0.29) is 0 Å². The highest BCUT2D eigenvalue weighted by molar-refractivity contribution is 4.80. The van der Waals surface area contributed by atoms with Gasteiger partial charge in [0.15, 0.2) is 0 Å². The third-order valence-corrected chi connectivity index (χ3v) is 3.06. The Morgan fingerprint density at radius 1 is 0.833 bits per heavy atom. The largest absolute Gasteiger partial charge is 0.316 e. The Labute approximate surface area is 76.9 Å². The first-order valence-electron chi connectivity index (χ1n) is 5.12.